The van der Waals surface area contributed by atoms with E-state index in [2.05, 4.69) is 10.2 Å². The number of nitrogens with one attached hydrogen (secondary N) is 1. The average Bonchev–Trinajstić information content (AvgIpc) is 3.28. The summed E-state index contributed by atoms with van der Waals surface area (Å²) >= 11 is 12.0. The minimum Gasteiger partial charge on any atom is -0.452 e. The number of anilines is 1. The van der Waals surface area contributed by atoms with Gasteiger partial charge < -0.3 is 15.0 Å². The maximum absolute atomic E-state index is 13.4. The van der Waals surface area contributed by atoms with E-state index in [1.54, 1.807) is 0 Å². The van der Waals surface area contributed by atoms with E-state index in [1.807, 2.05) is 29.2 Å². The largest absolute Gasteiger partial charge is 0.490 e. The van der Waals surface area contributed by atoms with Gasteiger partial charge in [-0.1, -0.05) is 35.3 Å². The smallest absolute Gasteiger partial charge is 0.452 e. The predicted octanol–water partition coefficient (Wildman–Crippen LogP) is 4.07. The summed E-state index contributed by atoms with van der Waals surface area (Å²) in [5, 5.41) is 3.50. The molecule has 13 heteroatoms. The SMILES string of the molecule is CC(=O)Nc1cc(Cl)ccc1C(=O)N1C[C@H](OC(=O)C(F)(F)F)[C@@H](N2CCN(Cc3ccc(Cl)cc3)CC2)C1. The fraction of sp³-hybridized carbons (Fsp3) is 0.423. The van der Waals surface area contributed by atoms with Gasteiger partial charge in [0.25, 0.3) is 5.91 Å². The molecule has 2 aliphatic heterocycles. The number of alkyl halides is 3. The van der Waals surface area contributed by atoms with Crippen LogP contribution in [-0.2, 0) is 20.9 Å². The maximum Gasteiger partial charge on any atom is 0.490 e. The highest BCUT2D eigenvalue weighted by atomic mass is 35.5. The number of halogens is 5. The fourth-order valence-electron chi connectivity index (χ4n) is 4.86. The molecule has 0 saturated carbocycles. The maximum atomic E-state index is 13.4. The van der Waals surface area contributed by atoms with Gasteiger partial charge in [-0.15, -0.1) is 0 Å². The molecule has 2 aromatic carbocycles. The van der Waals surface area contributed by atoms with Gasteiger partial charge in [0, 0.05) is 56.2 Å². The van der Waals surface area contributed by atoms with Crippen LogP contribution >= 0.6 is 23.2 Å². The molecule has 2 saturated heterocycles. The van der Waals surface area contributed by atoms with Crippen molar-refractivity contribution in [2.24, 2.45) is 0 Å². The van der Waals surface area contributed by atoms with Crippen molar-refractivity contribution < 1.29 is 32.3 Å². The Bertz CT molecular complexity index is 1220. The van der Waals surface area contributed by atoms with E-state index in [9.17, 15) is 27.6 Å². The fourth-order valence-corrected chi connectivity index (χ4v) is 5.16. The zero-order valence-corrected chi connectivity index (χ0v) is 22.5. The topological polar surface area (TPSA) is 82.2 Å². The number of carbonyl (C=O) groups excluding carboxylic acids is 3. The summed E-state index contributed by atoms with van der Waals surface area (Å²) in [4.78, 5) is 42.3. The first-order valence-corrected chi connectivity index (χ1v) is 13.0. The molecule has 1 N–H and O–H groups in total. The van der Waals surface area contributed by atoms with E-state index in [0.29, 0.717) is 42.8 Å². The van der Waals surface area contributed by atoms with Gasteiger partial charge in [0.2, 0.25) is 5.91 Å². The molecule has 0 unspecified atom stereocenters. The van der Waals surface area contributed by atoms with Crippen molar-refractivity contribution in [1.29, 1.82) is 0 Å². The Morgan fingerprint density at radius 1 is 0.974 bits per heavy atom. The van der Waals surface area contributed by atoms with Crippen LogP contribution < -0.4 is 5.32 Å². The van der Waals surface area contributed by atoms with Crippen LogP contribution in [0, 0.1) is 0 Å². The summed E-state index contributed by atoms with van der Waals surface area (Å²) in [5.41, 5.74) is 1.40. The zero-order chi connectivity index (χ0) is 28.3. The Kier molecular flexibility index (Phi) is 9.05. The van der Waals surface area contributed by atoms with Crippen LogP contribution in [0.25, 0.3) is 0 Å². The number of esters is 1. The number of likely N-dealkylation sites (tertiary alicyclic amines) is 1. The van der Waals surface area contributed by atoms with Crippen molar-refractivity contribution in [3.63, 3.8) is 0 Å². The lowest BCUT2D eigenvalue weighted by atomic mass is 10.1. The first-order valence-electron chi connectivity index (χ1n) is 12.3. The number of ether oxygens (including phenoxy) is 1. The molecule has 4 rings (SSSR count). The minimum absolute atomic E-state index is 0.0496. The number of rotatable bonds is 6. The molecule has 2 atom stereocenters. The van der Waals surface area contributed by atoms with Gasteiger partial charge in [0.15, 0.2) is 0 Å². The highest BCUT2D eigenvalue weighted by Crippen LogP contribution is 2.29. The summed E-state index contributed by atoms with van der Waals surface area (Å²) in [7, 11) is 0. The van der Waals surface area contributed by atoms with Crippen LogP contribution in [0.1, 0.15) is 22.8 Å². The third-order valence-corrected chi connectivity index (χ3v) is 7.22. The highest BCUT2D eigenvalue weighted by Gasteiger charge is 2.48. The van der Waals surface area contributed by atoms with E-state index >= 15 is 0 Å². The van der Waals surface area contributed by atoms with Gasteiger partial charge in [-0.3, -0.25) is 19.4 Å². The number of piperazine rings is 1. The third-order valence-electron chi connectivity index (χ3n) is 6.73. The quantitative estimate of drug-likeness (QED) is 0.514. The van der Waals surface area contributed by atoms with Crippen LogP contribution in [0.5, 0.6) is 0 Å². The van der Waals surface area contributed by atoms with Crippen molar-refractivity contribution in [3.8, 4) is 0 Å². The lowest BCUT2D eigenvalue weighted by Gasteiger charge is -2.39. The van der Waals surface area contributed by atoms with Crippen LogP contribution in [0.15, 0.2) is 42.5 Å². The Balaban J connectivity index is 1.48. The molecule has 2 amide bonds. The summed E-state index contributed by atoms with van der Waals surface area (Å²) in [5.74, 6) is -3.23. The summed E-state index contributed by atoms with van der Waals surface area (Å²) in [6, 6.07) is 11.2. The Morgan fingerprint density at radius 3 is 2.23 bits per heavy atom. The van der Waals surface area contributed by atoms with Crippen molar-refractivity contribution in [3.05, 3.63) is 63.6 Å². The Labute approximate surface area is 233 Å². The summed E-state index contributed by atoms with van der Waals surface area (Å²) in [6.07, 6.45) is -6.34. The molecule has 8 nitrogen and oxygen atoms in total. The molecule has 0 aromatic heterocycles. The van der Waals surface area contributed by atoms with Crippen molar-refractivity contribution in [1.82, 2.24) is 14.7 Å². The molecule has 210 valence electrons. The van der Waals surface area contributed by atoms with Gasteiger partial charge >= 0.3 is 12.1 Å². The van der Waals surface area contributed by atoms with Crippen molar-refractivity contribution in [2.75, 3.05) is 44.6 Å². The van der Waals surface area contributed by atoms with Gasteiger partial charge in [-0.25, -0.2) is 4.79 Å². The molecule has 2 fully saturated rings. The number of nitrogens with zero attached hydrogens (tertiary/aromatic N) is 3. The molecule has 2 aliphatic rings. The lowest BCUT2D eigenvalue weighted by Crippen LogP contribution is -2.54. The molecule has 0 spiro atoms. The predicted molar refractivity (Wildman–Crippen MR) is 140 cm³/mol. The molecular formula is C26H27Cl2F3N4O4. The average molecular weight is 587 g/mol. The van der Waals surface area contributed by atoms with E-state index in [4.69, 9.17) is 27.9 Å². The molecule has 0 aliphatic carbocycles. The number of carbonyl (C=O) groups is 3. The molecule has 2 heterocycles. The van der Waals surface area contributed by atoms with E-state index < -0.39 is 36.1 Å². The highest BCUT2D eigenvalue weighted by molar-refractivity contribution is 6.31. The lowest BCUT2D eigenvalue weighted by molar-refractivity contribution is -0.206. The number of benzene rings is 2. The number of hydrogen-bond donors (Lipinski definition) is 1. The summed E-state index contributed by atoms with van der Waals surface area (Å²) in [6.45, 7) is 4.09. The van der Waals surface area contributed by atoms with Crippen molar-refractivity contribution in [2.45, 2.75) is 31.8 Å². The summed E-state index contributed by atoms with van der Waals surface area (Å²) < 4.78 is 44.0. The van der Waals surface area contributed by atoms with Crippen LogP contribution in [0.4, 0.5) is 18.9 Å². The molecular weight excluding hydrogens is 560 g/mol. The molecule has 0 bridgehead atoms. The molecule has 39 heavy (non-hydrogen) atoms. The number of amides is 2. The van der Waals surface area contributed by atoms with Crippen molar-refractivity contribution >= 4 is 46.7 Å². The first kappa shape index (κ1) is 29.1. The van der Waals surface area contributed by atoms with E-state index in [0.717, 1.165) is 5.56 Å². The second kappa shape index (κ2) is 12.1. The Hall–Kier alpha value is -2.86. The monoisotopic (exact) mass is 586 g/mol. The van der Waals surface area contributed by atoms with Gasteiger partial charge in [-0.2, -0.15) is 13.2 Å². The zero-order valence-electron chi connectivity index (χ0n) is 21.0. The Morgan fingerprint density at radius 2 is 1.62 bits per heavy atom. The van der Waals surface area contributed by atoms with Crippen LogP contribution in [0.3, 0.4) is 0 Å². The third kappa shape index (κ3) is 7.42. The minimum atomic E-state index is -5.16. The molecule has 0 radical (unpaired) electrons. The molecule has 2 aromatic rings. The normalized spacial score (nSPS) is 20.6. The first-order chi connectivity index (χ1) is 18.4. The van der Waals surface area contributed by atoms with Gasteiger partial charge in [0.05, 0.1) is 23.8 Å². The number of hydrogen-bond acceptors (Lipinski definition) is 6. The van der Waals surface area contributed by atoms with Crippen LogP contribution in [0.2, 0.25) is 10.0 Å². The van der Waals surface area contributed by atoms with Gasteiger partial charge in [0.1, 0.15) is 6.10 Å². The van der Waals surface area contributed by atoms with Gasteiger partial charge in [-0.05, 0) is 35.9 Å². The standard InChI is InChI=1S/C26H27Cl2F3N4O4/c1-16(36)32-21-12-19(28)6-7-20(21)24(37)35-14-22(23(15-35)39-25(38)26(29,30)31)34-10-8-33(9-11-34)13-17-2-4-18(27)5-3-17/h2-7,12,22-23H,8-11,13-15H2,1H3,(H,32,36)/t22-,23-/m0/s1. The van der Waals surface area contributed by atoms with Crippen LogP contribution in [-0.4, -0.2) is 90.1 Å². The van der Waals surface area contributed by atoms with E-state index in [-0.39, 0.29) is 24.3 Å². The second-order valence-corrected chi connectivity index (χ2v) is 10.4. The second-order valence-electron chi connectivity index (χ2n) is 9.53. The van der Waals surface area contributed by atoms with E-state index in [1.165, 1.54) is 30.0 Å².